The van der Waals surface area contributed by atoms with Crippen LogP contribution in [0.5, 0.6) is 0 Å². The van der Waals surface area contributed by atoms with Crippen LogP contribution in [0.3, 0.4) is 0 Å². The predicted molar refractivity (Wildman–Crippen MR) is 81.9 cm³/mol. The topological polar surface area (TPSA) is 30.5 Å². The molecule has 3 atom stereocenters. The Labute approximate surface area is 123 Å². The number of benzene rings is 1. The highest BCUT2D eigenvalue weighted by atomic mass is 79.9. The fourth-order valence-electron chi connectivity index (χ4n) is 2.66. The Kier molecular flexibility index (Phi) is 4.87. The number of halogens is 1. The number of hydrogen-bond donors (Lipinski definition) is 1. The average molecular weight is 328 g/mol. The lowest BCUT2D eigenvalue weighted by Crippen LogP contribution is -2.56. The Balaban J connectivity index is 2.02. The van der Waals surface area contributed by atoms with Crippen LogP contribution in [0.4, 0.5) is 5.69 Å². The third-order valence-corrected chi connectivity index (χ3v) is 4.94. The molecule has 0 amide bonds. The van der Waals surface area contributed by atoms with E-state index in [0.717, 1.165) is 18.7 Å². The predicted octanol–water partition coefficient (Wildman–Crippen LogP) is 3.67. The number of ether oxygens (including phenoxy) is 2. The minimum Gasteiger partial charge on any atom is -0.379 e. The fourth-order valence-corrected chi connectivity index (χ4v) is 2.89. The van der Waals surface area contributed by atoms with Crippen molar-refractivity contribution in [2.45, 2.75) is 45.4 Å². The van der Waals surface area contributed by atoms with Crippen LogP contribution in [0.2, 0.25) is 0 Å². The molecule has 1 N–H and O–H groups in total. The van der Waals surface area contributed by atoms with Crippen molar-refractivity contribution in [3.63, 3.8) is 0 Å². The molecule has 0 saturated heterocycles. The molecule has 0 radical (unpaired) electrons. The van der Waals surface area contributed by atoms with Gasteiger partial charge in [-0.3, -0.25) is 0 Å². The SMILES string of the molecule is CCOC1CC(Nc2cc(C)c(Br)c(C)c2)C1OC. The molecule has 0 bridgehead atoms. The summed E-state index contributed by atoms with van der Waals surface area (Å²) in [5.41, 5.74) is 3.65. The highest BCUT2D eigenvalue weighted by Gasteiger charge is 2.42. The van der Waals surface area contributed by atoms with Gasteiger partial charge in [-0.2, -0.15) is 0 Å². The van der Waals surface area contributed by atoms with E-state index in [9.17, 15) is 0 Å². The standard InChI is InChI=1S/C15H22BrNO2/c1-5-19-13-8-12(15(13)18-4)17-11-6-9(2)14(16)10(3)7-11/h6-7,12-13,15,17H,5,8H2,1-4H3. The third kappa shape index (κ3) is 3.12. The smallest absolute Gasteiger partial charge is 0.103 e. The molecular weight excluding hydrogens is 306 g/mol. The van der Waals surface area contributed by atoms with Gasteiger partial charge in [0.05, 0.1) is 12.1 Å². The number of nitrogens with one attached hydrogen (secondary N) is 1. The summed E-state index contributed by atoms with van der Waals surface area (Å²) in [5, 5.41) is 3.55. The molecule has 1 aromatic carbocycles. The molecule has 0 aromatic heterocycles. The van der Waals surface area contributed by atoms with Crippen LogP contribution in [0, 0.1) is 13.8 Å². The molecule has 3 nitrogen and oxygen atoms in total. The molecule has 4 heteroatoms. The molecule has 19 heavy (non-hydrogen) atoms. The molecule has 1 aliphatic carbocycles. The van der Waals surface area contributed by atoms with Crippen molar-refractivity contribution in [1.82, 2.24) is 0 Å². The number of hydrogen-bond acceptors (Lipinski definition) is 3. The molecule has 0 spiro atoms. The first-order chi connectivity index (χ1) is 9.06. The van der Waals surface area contributed by atoms with Gasteiger partial charge >= 0.3 is 0 Å². The van der Waals surface area contributed by atoms with E-state index >= 15 is 0 Å². The largest absolute Gasteiger partial charge is 0.379 e. The van der Waals surface area contributed by atoms with Crippen molar-refractivity contribution >= 4 is 21.6 Å². The summed E-state index contributed by atoms with van der Waals surface area (Å²) in [5.74, 6) is 0. The highest BCUT2D eigenvalue weighted by molar-refractivity contribution is 9.10. The lowest BCUT2D eigenvalue weighted by Gasteiger charge is -2.43. The molecule has 1 fully saturated rings. The van der Waals surface area contributed by atoms with Gasteiger partial charge in [0.25, 0.3) is 0 Å². The van der Waals surface area contributed by atoms with Gasteiger partial charge in [0, 0.05) is 23.9 Å². The normalized spacial score (nSPS) is 26.1. The summed E-state index contributed by atoms with van der Waals surface area (Å²) < 4.78 is 12.3. The summed E-state index contributed by atoms with van der Waals surface area (Å²) in [6, 6.07) is 4.66. The Morgan fingerprint density at radius 3 is 2.47 bits per heavy atom. The lowest BCUT2D eigenvalue weighted by molar-refractivity contribution is -0.118. The van der Waals surface area contributed by atoms with E-state index in [0.29, 0.717) is 6.04 Å². The van der Waals surface area contributed by atoms with Gasteiger partial charge in [0.15, 0.2) is 0 Å². The fraction of sp³-hybridized carbons (Fsp3) is 0.600. The Hall–Kier alpha value is -0.580. The van der Waals surface area contributed by atoms with Crippen LogP contribution in [-0.2, 0) is 9.47 Å². The van der Waals surface area contributed by atoms with E-state index in [-0.39, 0.29) is 12.2 Å². The molecule has 1 aliphatic rings. The van der Waals surface area contributed by atoms with Crippen LogP contribution in [0.15, 0.2) is 16.6 Å². The molecule has 2 rings (SSSR count). The molecule has 3 unspecified atom stereocenters. The van der Waals surface area contributed by atoms with Crippen molar-refractivity contribution in [1.29, 1.82) is 0 Å². The molecule has 0 aliphatic heterocycles. The van der Waals surface area contributed by atoms with Gasteiger partial charge in [-0.05, 0) is 50.5 Å². The summed E-state index contributed by atoms with van der Waals surface area (Å²) in [7, 11) is 1.75. The lowest BCUT2D eigenvalue weighted by atomic mass is 9.85. The summed E-state index contributed by atoms with van der Waals surface area (Å²) in [6.07, 6.45) is 1.37. The van der Waals surface area contributed by atoms with E-state index in [1.165, 1.54) is 15.6 Å². The highest BCUT2D eigenvalue weighted by Crippen LogP contribution is 2.32. The summed E-state index contributed by atoms with van der Waals surface area (Å²) >= 11 is 3.59. The van der Waals surface area contributed by atoms with Crippen molar-refractivity contribution in [3.05, 3.63) is 27.7 Å². The summed E-state index contributed by atoms with van der Waals surface area (Å²) in [4.78, 5) is 0. The quantitative estimate of drug-likeness (QED) is 0.895. The van der Waals surface area contributed by atoms with Crippen molar-refractivity contribution in [2.24, 2.45) is 0 Å². The van der Waals surface area contributed by atoms with Gasteiger partial charge in [-0.1, -0.05) is 15.9 Å². The first kappa shape index (κ1) is 14.8. The first-order valence-electron chi connectivity index (χ1n) is 6.74. The Morgan fingerprint density at radius 2 is 1.95 bits per heavy atom. The van der Waals surface area contributed by atoms with E-state index in [1.54, 1.807) is 7.11 Å². The van der Waals surface area contributed by atoms with E-state index < -0.39 is 0 Å². The van der Waals surface area contributed by atoms with E-state index in [2.05, 4.69) is 47.2 Å². The second-order valence-electron chi connectivity index (χ2n) is 5.10. The Morgan fingerprint density at radius 1 is 1.32 bits per heavy atom. The van der Waals surface area contributed by atoms with Crippen LogP contribution in [-0.4, -0.2) is 32.0 Å². The maximum atomic E-state index is 5.64. The molecule has 106 valence electrons. The average Bonchev–Trinajstić information content (AvgIpc) is 2.35. The number of methoxy groups -OCH3 is 1. The minimum atomic E-state index is 0.143. The number of rotatable bonds is 5. The van der Waals surface area contributed by atoms with Gasteiger partial charge < -0.3 is 14.8 Å². The second-order valence-corrected chi connectivity index (χ2v) is 5.90. The third-order valence-electron chi connectivity index (χ3n) is 3.69. The first-order valence-corrected chi connectivity index (χ1v) is 7.53. The monoisotopic (exact) mass is 327 g/mol. The minimum absolute atomic E-state index is 0.143. The van der Waals surface area contributed by atoms with Gasteiger partial charge in [0.2, 0.25) is 0 Å². The van der Waals surface area contributed by atoms with Crippen LogP contribution >= 0.6 is 15.9 Å². The van der Waals surface area contributed by atoms with Crippen LogP contribution < -0.4 is 5.32 Å². The molecule has 1 saturated carbocycles. The zero-order chi connectivity index (χ0) is 14.0. The Bertz CT molecular complexity index is 427. The van der Waals surface area contributed by atoms with E-state index in [1.807, 2.05) is 6.92 Å². The zero-order valence-corrected chi connectivity index (χ0v) is 13.6. The van der Waals surface area contributed by atoms with Gasteiger partial charge in [-0.25, -0.2) is 0 Å². The van der Waals surface area contributed by atoms with Crippen molar-refractivity contribution < 1.29 is 9.47 Å². The van der Waals surface area contributed by atoms with Crippen molar-refractivity contribution in [2.75, 3.05) is 19.0 Å². The van der Waals surface area contributed by atoms with E-state index in [4.69, 9.17) is 9.47 Å². The molecular formula is C15H22BrNO2. The summed E-state index contributed by atoms with van der Waals surface area (Å²) in [6.45, 7) is 6.99. The van der Waals surface area contributed by atoms with Crippen LogP contribution in [0.25, 0.3) is 0 Å². The van der Waals surface area contributed by atoms with Gasteiger partial charge in [-0.15, -0.1) is 0 Å². The maximum Gasteiger partial charge on any atom is 0.103 e. The molecule has 1 aromatic rings. The zero-order valence-electron chi connectivity index (χ0n) is 12.0. The van der Waals surface area contributed by atoms with Crippen LogP contribution in [0.1, 0.15) is 24.5 Å². The maximum absolute atomic E-state index is 5.64. The second kappa shape index (κ2) is 6.25. The van der Waals surface area contributed by atoms with Gasteiger partial charge in [0.1, 0.15) is 6.10 Å². The number of aryl methyl sites for hydroxylation is 2. The van der Waals surface area contributed by atoms with Crippen molar-refractivity contribution in [3.8, 4) is 0 Å². The molecule has 0 heterocycles. The number of anilines is 1.